The Labute approximate surface area is 257 Å². The van der Waals surface area contributed by atoms with Crippen LogP contribution in [0.15, 0.2) is 84.9 Å². The maximum absolute atomic E-state index is 11.3. The number of benzene rings is 4. The monoisotopic (exact) mass is 618 g/mol. The fraction of sp³-hybridized carbons (Fsp3) is 0.152. The molecule has 234 valence electrons. The average molecular weight is 619 g/mol. The minimum absolute atomic E-state index is 0.0835. The van der Waals surface area contributed by atoms with Gasteiger partial charge in [0.1, 0.15) is 42.8 Å². The number of phenolic OH excluding ortho intramolecular Hbond substituents is 1. The van der Waals surface area contributed by atoms with Gasteiger partial charge in [0.05, 0.1) is 29.4 Å². The zero-order valence-electron chi connectivity index (χ0n) is 24.0. The number of phenols is 1. The number of aromatic hydroxyl groups is 1. The summed E-state index contributed by atoms with van der Waals surface area (Å²) in [7, 11) is 1.33. The van der Waals surface area contributed by atoms with E-state index in [0.717, 1.165) is 11.1 Å². The van der Waals surface area contributed by atoms with Crippen molar-refractivity contribution in [1.29, 1.82) is 0 Å². The molecule has 0 aliphatic rings. The second-order valence-corrected chi connectivity index (χ2v) is 9.22. The standard InChI is InChI=1S/C17H16O7.C16H14O5/c18-8-13-7-14(5-6-15(13)24-10-16(19)20)23-9-11-1-3-12(4-2-11)17(21)22;1-20-16(19)12-4-2-11(3-5-12)10-21-14-6-7-15(18)13(8-14)9-17/h1-8,16,19-20H,9-10H2,(H,21,22);2-9,18H,10H2,1H3. The van der Waals surface area contributed by atoms with Crippen LogP contribution in [-0.4, -0.2) is 64.9 Å². The maximum Gasteiger partial charge on any atom is 0.337 e. The van der Waals surface area contributed by atoms with Crippen LogP contribution >= 0.6 is 0 Å². The maximum atomic E-state index is 11.3. The molecule has 12 nitrogen and oxygen atoms in total. The summed E-state index contributed by atoms with van der Waals surface area (Å²) < 4.78 is 20.8. The van der Waals surface area contributed by atoms with E-state index in [9.17, 15) is 24.3 Å². The van der Waals surface area contributed by atoms with Crippen LogP contribution in [0.5, 0.6) is 23.0 Å². The summed E-state index contributed by atoms with van der Waals surface area (Å²) in [5.41, 5.74) is 2.69. The van der Waals surface area contributed by atoms with E-state index in [1.807, 2.05) is 0 Å². The van der Waals surface area contributed by atoms with Crippen molar-refractivity contribution in [2.75, 3.05) is 13.7 Å². The number of hydrogen-bond acceptors (Lipinski definition) is 11. The van der Waals surface area contributed by atoms with E-state index in [4.69, 9.17) is 29.5 Å². The van der Waals surface area contributed by atoms with Crippen LogP contribution in [0, 0.1) is 0 Å². The van der Waals surface area contributed by atoms with Crippen LogP contribution in [-0.2, 0) is 18.0 Å². The number of aromatic carboxylic acids is 1. The molecule has 0 atom stereocenters. The molecule has 0 aromatic heterocycles. The van der Waals surface area contributed by atoms with Crippen LogP contribution in [0.3, 0.4) is 0 Å². The number of esters is 1. The Morgan fingerprint density at radius 3 is 1.71 bits per heavy atom. The van der Waals surface area contributed by atoms with Crippen LogP contribution in [0.25, 0.3) is 0 Å². The summed E-state index contributed by atoms with van der Waals surface area (Å²) in [6, 6.07) is 22.1. The van der Waals surface area contributed by atoms with Crippen molar-refractivity contribution in [2.24, 2.45) is 0 Å². The van der Waals surface area contributed by atoms with E-state index in [1.54, 1.807) is 48.5 Å². The van der Waals surface area contributed by atoms with Crippen LogP contribution in [0.4, 0.5) is 0 Å². The zero-order chi connectivity index (χ0) is 32.8. The Morgan fingerprint density at radius 1 is 0.711 bits per heavy atom. The molecule has 0 saturated heterocycles. The van der Waals surface area contributed by atoms with Crippen molar-refractivity contribution in [3.63, 3.8) is 0 Å². The quantitative estimate of drug-likeness (QED) is 0.0959. The Kier molecular flexibility index (Phi) is 12.6. The highest BCUT2D eigenvalue weighted by Gasteiger charge is 2.09. The van der Waals surface area contributed by atoms with Gasteiger partial charge in [-0.1, -0.05) is 24.3 Å². The van der Waals surface area contributed by atoms with Crippen molar-refractivity contribution in [3.05, 3.63) is 118 Å². The van der Waals surface area contributed by atoms with Crippen molar-refractivity contribution < 1.29 is 58.6 Å². The highest BCUT2D eigenvalue weighted by Crippen LogP contribution is 2.24. The molecular formula is C33H30O12. The Hall–Kier alpha value is -5.72. The van der Waals surface area contributed by atoms with Crippen molar-refractivity contribution in [2.45, 2.75) is 19.5 Å². The van der Waals surface area contributed by atoms with Gasteiger partial charge in [-0.2, -0.15) is 0 Å². The Balaban J connectivity index is 0.000000248. The lowest BCUT2D eigenvalue weighted by Crippen LogP contribution is -2.16. The number of rotatable bonds is 13. The molecule has 45 heavy (non-hydrogen) atoms. The lowest BCUT2D eigenvalue weighted by molar-refractivity contribution is -0.0681. The lowest BCUT2D eigenvalue weighted by Gasteiger charge is -2.12. The molecule has 0 spiro atoms. The zero-order valence-corrected chi connectivity index (χ0v) is 24.0. The largest absolute Gasteiger partial charge is 0.507 e. The Morgan fingerprint density at radius 2 is 1.22 bits per heavy atom. The lowest BCUT2D eigenvalue weighted by atomic mass is 10.1. The van der Waals surface area contributed by atoms with Gasteiger partial charge in [0, 0.05) is 0 Å². The normalized spacial score (nSPS) is 10.2. The number of aliphatic hydroxyl groups excluding tert-OH is 1. The molecule has 0 amide bonds. The second kappa shape index (κ2) is 16.8. The van der Waals surface area contributed by atoms with Crippen LogP contribution < -0.4 is 14.2 Å². The number of aldehydes is 2. The van der Waals surface area contributed by atoms with Gasteiger partial charge in [-0.3, -0.25) is 9.59 Å². The molecule has 0 radical (unpaired) electrons. The predicted molar refractivity (Wildman–Crippen MR) is 159 cm³/mol. The third-order valence-electron chi connectivity index (χ3n) is 6.01. The van der Waals surface area contributed by atoms with Gasteiger partial charge in [0.2, 0.25) is 0 Å². The third-order valence-corrected chi connectivity index (χ3v) is 6.01. The SMILES string of the molecule is COC(=O)c1ccc(COc2ccc(O)c(C=O)c2)cc1.O=Cc1cc(OCc2ccc(C(=O)O)cc2)ccc1OCC(O)O. The molecule has 12 heteroatoms. The topological polar surface area (TPSA) is 186 Å². The van der Waals surface area contributed by atoms with Gasteiger partial charge in [-0.05, 0) is 71.8 Å². The molecule has 0 aliphatic heterocycles. The molecule has 0 aliphatic carbocycles. The van der Waals surface area contributed by atoms with Crippen molar-refractivity contribution in [1.82, 2.24) is 0 Å². The summed E-state index contributed by atoms with van der Waals surface area (Å²) >= 11 is 0. The number of carbonyl (C=O) groups is 4. The van der Waals surface area contributed by atoms with Gasteiger partial charge < -0.3 is 39.4 Å². The molecule has 4 rings (SSSR count). The number of carbonyl (C=O) groups excluding carboxylic acids is 3. The summed E-state index contributed by atoms with van der Waals surface area (Å²) in [5, 5.41) is 35.8. The first-order valence-electron chi connectivity index (χ1n) is 13.2. The highest BCUT2D eigenvalue weighted by molar-refractivity contribution is 5.89. The Bertz CT molecular complexity index is 1600. The smallest absolute Gasteiger partial charge is 0.337 e. The van der Waals surface area contributed by atoms with E-state index in [0.29, 0.717) is 29.6 Å². The number of carboxylic acid groups (broad SMARTS) is 1. The van der Waals surface area contributed by atoms with Crippen LogP contribution in [0.1, 0.15) is 52.6 Å². The molecule has 0 bridgehead atoms. The molecule has 0 heterocycles. The van der Waals surface area contributed by atoms with E-state index in [1.165, 1.54) is 43.5 Å². The molecule has 0 saturated carbocycles. The van der Waals surface area contributed by atoms with Crippen molar-refractivity contribution >= 4 is 24.5 Å². The van der Waals surface area contributed by atoms with E-state index in [2.05, 4.69) is 4.74 Å². The number of carboxylic acids is 1. The van der Waals surface area contributed by atoms with E-state index >= 15 is 0 Å². The highest BCUT2D eigenvalue weighted by atomic mass is 16.5. The summed E-state index contributed by atoms with van der Waals surface area (Å²) in [6.07, 6.45) is -0.491. The summed E-state index contributed by atoms with van der Waals surface area (Å²) in [6.45, 7) is 0.134. The molecule has 0 unspecified atom stereocenters. The number of methoxy groups -OCH3 is 1. The average Bonchev–Trinajstić information content (AvgIpc) is 3.06. The first-order valence-corrected chi connectivity index (χ1v) is 13.2. The fourth-order valence-corrected chi connectivity index (χ4v) is 3.65. The van der Waals surface area contributed by atoms with Gasteiger partial charge in [0.25, 0.3) is 0 Å². The first kappa shape index (κ1) is 33.8. The fourth-order valence-electron chi connectivity index (χ4n) is 3.65. The van der Waals surface area contributed by atoms with Gasteiger partial charge >= 0.3 is 11.9 Å². The van der Waals surface area contributed by atoms with Crippen LogP contribution in [0.2, 0.25) is 0 Å². The molecule has 4 aromatic carbocycles. The molecule has 0 fully saturated rings. The number of aliphatic hydroxyl groups is 2. The number of ether oxygens (including phenoxy) is 4. The summed E-state index contributed by atoms with van der Waals surface area (Å²) in [5.74, 6) is -0.349. The van der Waals surface area contributed by atoms with Gasteiger partial charge in [-0.25, -0.2) is 9.59 Å². The van der Waals surface area contributed by atoms with Crippen molar-refractivity contribution in [3.8, 4) is 23.0 Å². The van der Waals surface area contributed by atoms with E-state index < -0.39 is 18.2 Å². The third kappa shape index (κ3) is 10.5. The molecule has 4 aromatic rings. The van der Waals surface area contributed by atoms with Gasteiger partial charge in [0.15, 0.2) is 18.9 Å². The molecule has 4 N–H and O–H groups in total. The van der Waals surface area contributed by atoms with E-state index in [-0.39, 0.29) is 48.0 Å². The minimum atomic E-state index is -1.63. The first-order chi connectivity index (χ1) is 21.6. The minimum Gasteiger partial charge on any atom is -0.507 e. The number of hydrogen-bond donors (Lipinski definition) is 4. The predicted octanol–water partition coefficient (Wildman–Crippen LogP) is 4.04. The molecular weight excluding hydrogens is 588 g/mol. The summed E-state index contributed by atoms with van der Waals surface area (Å²) in [4.78, 5) is 43.9. The van der Waals surface area contributed by atoms with Gasteiger partial charge in [-0.15, -0.1) is 0 Å². The second-order valence-electron chi connectivity index (χ2n) is 9.22.